The Bertz CT molecular complexity index is 986. The number of carbonyl (C=O) groups is 1. The Balaban J connectivity index is 1.50. The summed E-state index contributed by atoms with van der Waals surface area (Å²) in [6.45, 7) is 4.80. The highest BCUT2D eigenvalue weighted by Crippen LogP contribution is 2.10. The highest BCUT2D eigenvalue weighted by Gasteiger charge is 2.07. The van der Waals surface area contributed by atoms with Gasteiger partial charge in [0.05, 0.1) is 17.3 Å². The molecule has 0 fully saturated rings. The minimum atomic E-state index is -0.222. The molecular formula is C19H19N7O. The highest BCUT2D eigenvalue weighted by atomic mass is 16.1. The average Bonchev–Trinajstić information content (AvgIpc) is 3.03. The van der Waals surface area contributed by atoms with E-state index in [1.165, 1.54) is 0 Å². The van der Waals surface area contributed by atoms with Crippen molar-refractivity contribution in [3.05, 3.63) is 65.0 Å². The zero-order valence-corrected chi connectivity index (χ0v) is 15.1. The van der Waals surface area contributed by atoms with Gasteiger partial charge in [0, 0.05) is 24.3 Å². The van der Waals surface area contributed by atoms with Crippen LogP contribution in [-0.2, 0) is 0 Å². The standard InChI is InChI=1S/C19H19N7O/c1-13-10-14(2)26(25-13)18-7-6-17(23-24-18)21-8-9-22-19(27)16-5-3-4-15(11-16)12-20/h3-7,10-11H,8-9H2,1-2H3,(H,21,23)(H,22,27). The van der Waals surface area contributed by atoms with Gasteiger partial charge in [-0.3, -0.25) is 4.79 Å². The van der Waals surface area contributed by atoms with Crippen LogP contribution in [-0.4, -0.2) is 39.0 Å². The average molecular weight is 361 g/mol. The SMILES string of the molecule is Cc1cc(C)n(-c2ccc(NCCNC(=O)c3cccc(C#N)c3)nn2)n1. The second-order valence-corrected chi connectivity index (χ2v) is 5.99. The van der Waals surface area contributed by atoms with Gasteiger partial charge in [0.15, 0.2) is 5.82 Å². The van der Waals surface area contributed by atoms with E-state index < -0.39 is 0 Å². The van der Waals surface area contributed by atoms with Crippen molar-refractivity contribution in [1.29, 1.82) is 5.26 Å². The van der Waals surface area contributed by atoms with E-state index in [1.807, 2.05) is 38.1 Å². The Morgan fingerprint density at radius 1 is 1.15 bits per heavy atom. The van der Waals surface area contributed by atoms with Crippen LogP contribution in [0.2, 0.25) is 0 Å². The summed E-state index contributed by atoms with van der Waals surface area (Å²) >= 11 is 0. The third kappa shape index (κ3) is 4.46. The summed E-state index contributed by atoms with van der Waals surface area (Å²) in [5.41, 5.74) is 2.83. The number of anilines is 1. The largest absolute Gasteiger partial charge is 0.367 e. The van der Waals surface area contributed by atoms with Crippen LogP contribution < -0.4 is 10.6 Å². The molecule has 0 radical (unpaired) electrons. The molecule has 0 aliphatic carbocycles. The van der Waals surface area contributed by atoms with E-state index in [1.54, 1.807) is 28.9 Å². The first-order chi connectivity index (χ1) is 13.1. The fourth-order valence-corrected chi connectivity index (χ4v) is 2.59. The van der Waals surface area contributed by atoms with Crippen LogP contribution >= 0.6 is 0 Å². The number of benzene rings is 1. The molecule has 1 amide bonds. The van der Waals surface area contributed by atoms with E-state index >= 15 is 0 Å². The Hall–Kier alpha value is -3.73. The molecule has 136 valence electrons. The fraction of sp³-hybridized carbons (Fsp3) is 0.211. The quantitative estimate of drug-likeness (QED) is 0.650. The lowest BCUT2D eigenvalue weighted by atomic mass is 10.1. The van der Waals surface area contributed by atoms with E-state index in [4.69, 9.17) is 5.26 Å². The number of nitriles is 1. The van der Waals surface area contributed by atoms with E-state index in [9.17, 15) is 4.79 Å². The number of hydrogen-bond donors (Lipinski definition) is 2. The topological polar surface area (TPSA) is 109 Å². The molecule has 0 bridgehead atoms. The van der Waals surface area contributed by atoms with Crippen molar-refractivity contribution in [1.82, 2.24) is 25.3 Å². The fourth-order valence-electron chi connectivity index (χ4n) is 2.59. The van der Waals surface area contributed by atoms with Crippen molar-refractivity contribution < 1.29 is 4.79 Å². The maximum atomic E-state index is 12.1. The molecule has 27 heavy (non-hydrogen) atoms. The van der Waals surface area contributed by atoms with Crippen LogP contribution in [0.4, 0.5) is 5.82 Å². The van der Waals surface area contributed by atoms with Crippen LogP contribution in [0, 0.1) is 25.2 Å². The van der Waals surface area contributed by atoms with Gasteiger partial charge in [-0.1, -0.05) is 6.07 Å². The maximum Gasteiger partial charge on any atom is 0.251 e. The number of rotatable bonds is 6. The Kier molecular flexibility index (Phi) is 5.42. The number of amides is 1. The molecular weight excluding hydrogens is 342 g/mol. The molecule has 1 aromatic carbocycles. The lowest BCUT2D eigenvalue weighted by molar-refractivity contribution is 0.0955. The third-order valence-electron chi connectivity index (χ3n) is 3.85. The van der Waals surface area contributed by atoms with E-state index in [0.29, 0.717) is 35.9 Å². The molecule has 0 aliphatic rings. The van der Waals surface area contributed by atoms with E-state index in [-0.39, 0.29) is 5.91 Å². The first-order valence-electron chi connectivity index (χ1n) is 8.46. The molecule has 8 nitrogen and oxygen atoms in total. The minimum Gasteiger partial charge on any atom is -0.367 e. The van der Waals surface area contributed by atoms with Crippen LogP contribution in [0.5, 0.6) is 0 Å². The molecule has 0 saturated heterocycles. The summed E-state index contributed by atoms with van der Waals surface area (Å²) in [7, 11) is 0. The third-order valence-corrected chi connectivity index (χ3v) is 3.85. The van der Waals surface area contributed by atoms with Gasteiger partial charge in [0.25, 0.3) is 5.91 Å². The van der Waals surface area contributed by atoms with E-state index in [0.717, 1.165) is 11.4 Å². The van der Waals surface area contributed by atoms with E-state index in [2.05, 4.69) is 25.9 Å². The number of aryl methyl sites for hydroxylation is 2. The normalized spacial score (nSPS) is 10.3. The molecule has 0 saturated carbocycles. The van der Waals surface area contributed by atoms with Crippen molar-refractivity contribution in [2.45, 2.75) is 13.8 Å². The van der Waals surface area contributed by atoms with Gasteiger partial charge in [0.2, 0.25) is 0 Å². The smallest absolute Gasteiger partial charge is 0.251 e. The van der Waals surface area contributed by atoms with Crippen molar-refractivity contribution >= 4 is 11.7 Å². The molecule has 0 spiro atoms. The van der Waals surface area contributed by atoms with Crippen molar-refractivity contribution in [3.63, 3.8) is 0 Å². The Morgan fingerprint density at radius 2 is 2.00 bits per heavy atom. The van der Waals surface area contributed by atoms with Crippen LogP contribution in [0.15, 0.2) is 42.5 Å². The first-order valence-corrected chi connectivity index (χ1v) is 8.46. The number of aromatic nitrogens is 4. The molecule has 2 aromatic heterocycles. The van der Waals surface area contributed by atoms with Crippen LogP contribution in [0.25, 0.3) is 5.82 Å². The molecule has 0 aliphatic heterocycles. The Morgan fingerprint density at radius 3 is 2.67 bits per heavy atom. The van der Waals surface area contributed by atoms with Gasteiger partial charge in [-0.15, -0.1) is 10.2 Å². The van der Waals surface area contributed by atoms with Crippen molar-refractivity contribution in [3.8, 4) is 11.9 Å². The van der Waals surface area contributed by atoms with Crippen LogP contribution in [0.1, 0.15) is 27.3 Å². The van der Waals surface area contributed by atoms with Gasteiger partial charge < -0.3 is 10.6 Å². The highest BCUT2D eigenvalue weighted by molar-refractivity contribution is 5.94. The lowest BCUT2D eigenvalue weighted by Gasteiger charge is -2.08. The molecule has 3 aromatic rings. The molecule has 3 rings (SSSR count). The molecule has 8 heteroatoms. The number of nitrogens with zero attached hydrogens (tertiary/aromatic N) is 5. The minimum absolute atomic E-state index is 0.222. The molecule has 2 N–H and O–H groups in total. The van der Waals surface area contributed by atoms with Crippen molar-refractivity contribution in [2.75, 3.05) is 18.4 Å². The Labute approximate surface area is 156 Å². The van der Waals surface area contributed by atoms with Gasteiger partial charge >= 0.3 is 0 Å². The summed E-state index contributed by atoms with van der Waals surface area (Å²) in [4.78, 5) is 12.1. The second kappa shape index (κ2) is 8.10. The second-order valence-electron chi connectivity index (χ2n) is 5.99. The van der Waals surface area contributed by atoms with Gasteiger partial charge in [-0.2, -0.15) is 10.4 Å². The summed E-state index contributed by atoms with van der Waals surface area (Å²) in [6.07, 6.45) is 0. The molecule has 2 heterocycles. The number of carbonyl (C=O) groups excluding carboxylic acids is 1. The van der Waals surface area contributed by atoms with Crippen LogP contribution in [0.3, 0.4) is 0 Å². The van der Waals surface area contributed by atoms with Gasteiger partial charge in [-0.05, 0) is 50.2 Å². The van der Waals surface area contributed by atoms with Crippen molar-refractivity contribution in [2.24, 2.45) is 0 Å². The molecule has 0 atom stereocenters. The predicted octanol–water partition coefficient (Wildman–Crippen LogP) is 1.99. The summed E-state index contributed by atoms with van der Waals surface area (Å²) in [5, 5.41) is 27.5. The number of nitrogens with one attached hydrogen (secondary N) is 2. The summed E-state index contributed by atoms with van der Waals surface area (Å²) in [6, 6.07) is 14.2. The molecule has 0 unspecified atom stereocenters. The summed E-state index contributed by atoms with van der Waals surface area (Å²) < 4.78 is 1.74. The zero-order valence-electron chi connectivity index (χ0n) is 15.1. The predicted molar refractivity (Wildman–Crippen MR) is 101 cm³/mol. The lowest BCUT2D eigenvalue weighted by Crippen LogP contribution is -2.29. The van der Waals surface area contributed by atoms with Gasteiger partial charge in [0.1, 0.15) is 5.82 Å². The first kappa shape index (κ1) is 18.1. The monoisotopic (exact) mass is 361 g/mol. The summed E-state index contributed by atoms with van der Waals surface area (Å²) in [5.74, 6) is 1.04. The number of hydrogen-bond acceptors (Lipinski definition) is 6. The maximum absolute atomic E-state index is 12.1. The van der Waals surface area contributed by atoms with Gasteiger partial charge in [-0.25, -0.2) is 4.68 Å². The zero-order chi connectivity index (χ0) is 19.2.